The normalized spacial score (nSPS) is 20.1. The van der Waals surface area contributed by atoms with E-state index in [0.717, 1.165) is 25.2 Å². The van der Waals surface area contributed by atoms with Gasteiger partial charge in [-0.15, -0.1) is 0 Å². The maximum atomic E-state index is 12.9. The summed E-state index contributed by atoms with van der Waals surface area (Å²) in [5, 5.41) is 0. The van der Waals surface area contributed by atoms with Crippen LogP contribution in [0.4, 0.5) is 11.6 Å². The standard InChI is InChI=1S/C18H20N4O2/c1-13-10-14-4-2-3-5-16(14)22(13)17(23)15-11-19-18(20-12-15)21-6-8-24-9-7-21/h2-5,11-13H,6-10H2,1H3. The Morgan fingerprint density at radius 1 is 1.17 bits per heavy atom. The van der Waals surface area contributed by atoms with E-state index in [1.54, 1.807) is 12.4 Å². The first-order chi connectivity index (χ1) is 11.7. The zero-order valence-corrected chi connectivity index (χ0v) is 13.7. The van der Waals surface area contributed by atoms with Crippen LogP contribution in [0.3, 0.4) is 0 Å². The van der Waals surface area contributed by atoms with Crippen LogP contribution >= 0.6 is 0 Å². The highest BCUT2D eigenvalue weighted by atomic mass is 16.5. The summed E-state index contributed by atoms with van der Waals surface area (Å²) in [5.74, 6) is 0.616. The lowest BCUT2D eigenvalue weighted by molar-refractivity contribution is 0.0980. The minimum absolute atomic E-state index is 0.0408. The fraction of sp³-hybridized carbons (Fsp3) is 0.389. The Morgan fingerprint density at radius 3 is 2.62 bits per heavy atom. The van der Waals surface area contributed by atoms with Gasteiger partial charge in [0.05, 0.1) is 18.8 Å². The fourth-order valence-corrected chi connectivity index (χ4v) is 3.37. The number of benzene rings is 1. The van der Waals surface area contributed by atoms with Gasteiger partial charge in [-0.05, 0) is 25.0 Å². The quantitative estimate of drug-likeness (QED) is 0.844. The van der Waals surface area contributed by atoms with Crippen LogP contribution in [0.1, 0.15) is 22.8 Å². The molecule has 1 fully saturated rings. The van der Waals surface area contributed by atoms with Crippen LogP contribution in [0, 0.1) is 0 Å². The molecule has 1 amide bonds. The van der Waals surface area contributed by atoms with E-state index < -0.39 is 0 Å². The van der Waals surface area contributed by atoms with E-state index in [4.69, 9.17) is 4.74 Å². The number of hydrogen-bond donors (Lipinski definition) is 0. The van der Waals surface area contributed by atoms with Crippen molar-refractivity contribution in [2.24, 2.45) is 0 Å². The summed E-state index contributed by atoms with van der Waals surface area (Å²) in [4.78, 5) is 25.6. The van der Waals surface area contributed by atoms with Crippen molar-refractivity contribution in [3.8, 4) is 0 Å². The van der Waals surface area contributed by atoms with Gasteiger partial charge in [-0.25, -0.2) is 9.97 Å². The molecule has 1 aromatic carbocycles. The van der Waals surface area contributed by atoms with Crippen LogP contribution in [-0.2, 0) is 11.2 Å². The maximum Gasteiger partial charge on any atom is 0.261 e. The van der Waals surface area contributed by atoms with Crippen molar-refractivity contribution in [2.45, 2.75) is 19.4 Å². The average Bonchev–Trinajstić information content (AvgIpc) is 2.98. The van der Waals surface area contributed by atoms with Crippen LogP contribution in [0.25, 0.3) is 0 Å². The summed E-state index contributed by atoms with van der Waals surface area (Å²) in [6.45, 7) is 5.01. The molecule has 1 unspecified atom stereocenters. The number of carbonyl (C=O) groups excluding carboxylic acids is 1. The molecule has 0 bridgehead atoms. The summed E-state index contributed by atoms with van der Waals surface area (Å²) in [6, 6.07) is 8.21. The van der Waals surface area contributed by atoms with Gasteiger partial charge in [-0.2, -0.15) is 0 Å². The van der Waals surface area contributed by atoms with Crippen LogP contribution in [0.2, 0.25) is 0 Å². The lowest BCUT2D eigenvalue weighted by atomic mass is 10.1. The van der Waals surface area contributed by atoms with E-state index in [9.17, 15) is 4.79 Å². The van der Waals surface area contributed by atoms with Gasteiger partial charge in [-0.1, -0.05) is 18.2 Å². The number of carbonyl (C=O) groups is 1. The molecule has 24 heavy (non-hydrogen) atoms. The van der Waals surface area contributed by atoms with Crippen LogP contribution in [-0.4, -0.2) is 48.2 Å². The van der Waals surface area contributed by atoms with Gasteiger partial charge in [0.2, 0.25) is 5.95 Å². The van der Waals surface area contributed by atoms with Crippen LogP contribution in [0.5, 0.6) is 0 Å². The number of rotatable bonds is 2. The van der Waals surface area contributed by atoms with E-state index in [0.29, 0.717) is 24.7 Å². The maximum absolute atomic E-state index is 12.9. The highest BCUT2D eigenvalue weighted by Crippen LogP contribution is 2.32. The van der Waals surface area contributed by atoms with Crippen molar-refractivity contribution < 1.29 is 9.53 Å². The Balaban J connectivity index is 1.56. The molecular weight excluding hydrogens is 304 g/mol. The number of anilines is 2. The van der Waals surface area contributed by atoms with Crippen LogP contribution < -0.4 is 9.80 Å². The Kier molecular flexibility index (Phi) is 3.90. The highest BCUT2D eigenvalue weighted by Gasteiger charge is 2.31. The molecule has 124 valence electrons. The second kappa shape index (κ2) is 6.20. The van der Waals surface area contributed by atoms with Gasteiger partial charge in [0, 0.05) is 37.2 Å². The lowest BCUT2D eigenvalue weighted by Crippen LogP contribution is -2.38. The molecule has 2 aliphatic heterocycles. The average molecular weight is 324 g/mol. The van der Waals surface area contributed by atoms with E-state index in [1.165, 1.54) is 5.56 Å². The molecule has 0 spiro atoms. The molecule has 0 aliphatic carbocycles. The predicted octanol–water partition coefficient (Wildman–Crippen LogP) is 1.90. The summed E-state index contributed by atoms with van der Waals surface area (Å²) >= 11 is 0. The molecule has 1 atom stereocenters. The fourth-order valence-electron chi connectivity index (χ4n) is 3.37. The second-order valence-electron chi connectivity index (χ2n) is 6.23. The number of fused-ring (bicyclic) bond motifs is 1. The van der Waals surface area contributed by atoms with Crippen molar-refractivity contribution in [2.75, 3.05) is 36.1 Å². The van der Waals surface area contributed by atoms with Gasteiger partial charge in [-0.3, -0.25) is 4.79 Å². The molecule has 4 rings (SSSR count). The van der Waals surface area contributed by atoms with Crippen molar-refractivity contribution in [1.29, 1.82) is 0 Å². The molecule has 1 saturated heterocycles. The van der Waals surface area contributed by atoms with Crippen molar-refractivity contribution in [3.63, 3.8) is 0 Å². The lowest BCUT2D eigenvalue weighted by Gasteiger charge is -2.27. The van der Waals surface area contributed by atoms with E-state index >= 15 is 0 Å². The molecular formula is C18H20N4O2. The third-order valence-corrected chi connectivity index (χ3v) is 4.61. The Morgan fingerprint density at radius 2 is 1.88 bits per heavy atom. The van der Waals surface area contributed by atoms with Gasteiger partial charge < -0.3 is 14.5 Å². The number of morpholine rings is 1. The zero-order valence-electron chi connectivity index (χ0n) is 13.7. The van der Waals surface area contributed by atoms with Crippen molar-refractivity contribution in [3.05, 3.63) is 47.8 Å². The van der Waals surface area contributed by atoms with Gasteiger partial charge >= 0.3 is 0 Å². The summed E-state index contributed by atoms with van der Waals surface area (Å²) in [7, 11) is 0. The minimum atomic E-state index is -0.0408. The molecule has 6 heteroatoms. The third-order valence-electron chi connectivity index (χ3n) is 4.61. The largest absolute Gasteiger partial charge is 0.378 e. The van der Waals surface area contributed by atoms with E-state index in [-0.39, 0.29) is 11.9 Å². The number of hydrogen-bond acceptors (Lipinski definition) is 5. The topological polar surface area (TPSA) is 58.6 Å². The molecule has 2 aliphatic rings. The van der Waals surface area contributed by atoms with Crippen molar-refractivity contribution >= 4 is 17.5 Å². The Bertz CT molecular complexity index is 741. The van der Waals surface area contributed by atoms with E-state index in [1.807, 2.05) is 23.1 Å². The highest BCUT2D eigenvalue weighted by molar-refractivity contribution is 6.07. The Hall–Kier alpha value is -2.47. The first-order valence-electron chi connectivity index (χ1n) is 8.30. The predicted molar refractivity (Wildman–Crippen MR) is 91.5 cm³/mol. The third kappa shape index (κ3) is 2.63. The minimum Gasteiger partial charge on any atom is -0.378 e. The van der Waals surface area contributed by atoms with E-state index in [2.05, 4.69) is 27.9 Å². The monoisotopic (exact) mass is 324 g/mol. The first kappa shape index (κ1) is 15.1. The van der Waals surface area contributed by atoms with Crippen LogP contribution in [0.15, 0.2) is 36.7 Å². The second-order valence-corrected chi connectivity index (χ2v) is 6.23. The molecule has 0 N–H and O–H groups in total. The molecule has 2 aromatic rings. The summed E-state index contributed by atoms with van der Waals surface area (Å²) < 4.78 is 5.34. The van der Waals surface area contributed by atoms with Gasteiger partial charge in [0.15, 0.2) is 0 Å². The summed E-state index contributed by atoms with van der Waals surface area (Å²) in [6.07, 6.45) is 4.15. The number of ether oxygens (including phenoxy) is 1. The van der Waals surface area contributed by atoms with Gasteiger partial charge in [0.1, 0.15) is 0 Å². The summed E-state index contributed by atoms with van der Waals surface area (Å²) in [5.41, 5.74) is 2.73. The Labute approximate surface area is 141 Å². The molecule has 0 saturated carbocycles. The molecule has 3 heterocycles. The molecule has 0 radical (unpaired) electrons. The van der Waals surface area contributed by atoms with Gasteiger partial charge in [0.25, 0.3) is 5.91 Å². The number of amides is 1. The molecule has 1 aromatic heterocycles. The first-order valence-corrected chi connectivity index (χ1v) is 8.30. The number of nitrogens with zero attached hydrogens (tertiary/aromatic N) is 4. The molecule has 6 nitrogen and oxygen atoms in total. The zero-order chi connectivity index (χ0) is 16.5. The SMILES string of the molecule is CC1Cc2ccccc2N1C(=O)c1cnc(N2CCOCC2)nc1. The number of aromatic nitrogens is 2. The smallest absolute Gasteiger partial charge is 0.261 e. The number of para-hydroxylation sites is 1. The van der Waals surface area contributed by atoms with Crippen molar-refractivity contribution in [1.82, 2.24) is 9.97 Å².